The molecule has 0 spiro atoms. The fourth-order valence-corrected chi connectivity index (χ4v) is 1.05. The number of aryl methyl sites for hydroxylation is 1. The standard InChI is InChI=1S/C7H5N5/c1-12-7-5(3-11-12)6(2-8)9-4-10-7/h3-4H,1H3. The van der Waals surface area contributed by atoms with E-state index in [0.29, 0.717) is 16.7 Å². The highest BCUT2D eigenvalue weighted by molar-refractivity contribution is 5.79. The quantitative estimate of drug-likeness (QED) is 0.552. The monoisotopic (exact) mass is 159 g/mol. The van der Waals surface area contributed by atoms with Crippen LogP contribution in [0.4, 0.5) is 0 Å². The molecule has 0 saturated carbocycles. The SMILES string of the molecule is Cn1ncc2c(C#N)ncnc21. The normalized spacial score (nSPS) is 10.0. The van der Waals surface area contributed by atoms with Crippen LogP contribution in [-0.2, 0) is 7.05 Å². The van der Waals surface area contributed by atoms with Gasteiger partial charge >= 0.3 is 0 Å². The van der Waals surface area contributed by atoms with Crippen LogP contribution < -0.4 is 0 Å². The maximum atomic E-state index is 8.67. The van der Waals surface area contributed by atoms with Gasteiger partial charge in [-0.25, -0.2) is 9.97 Å². The predicted octanol–water partition coefficient (Wildman–Crippen LogP) is 0.235. The molecule has 0 N–H and O–H groups in total. The smallest absolute Gasteiger partial charge is 0.162 e. The minimum absolute atomic E-state index is 0.369. The Bertz CT molecular complexity index is 464. The summed E-state index contributed by atoms with van der Waals surface area (Å²) in [6.07, 6.45) is 2.95. The maximum absolute atomic E-state index is 8.67. The van der Waals surface area contributed by atoms with Gasteiger partial charge in [0.15, 0.2) is 11.3 Å². The van der Waals surface area contributed by atoms with Crippen molar-refractivity contribution in [2.45, 2.75) is 0 Å². The lowest BCUT2D eigenvalue weighted by atomic mass is 10.3. The molecule has 0 saturated heterocycles. The van der Waals surface area contributed by atoms with Gasteiger partial charge < -0.3 is 0 Å². The first-order valence-corrected chi connectivity index (χ1v) is 3.35. The van der Waals surface area contributed by atoms with E-state index in [-0.39, 0.29) is 0 Å². The average molecular weight is 159 g/mol. The second-order valence-electron chi connectivity index (χ2n) is 2.34. The Morgan fingerprint density at radius 2 is 2.33 bits per heavy atom. The van der Waals surface area contributed by atoms with E-state index in [4.69, 9.17) is 5.26 Å². The summed E-state index contributed by atoms with van der Waals surface area (Å²) in [6.45, 7) is 0. The molecule has 2 aromatic heterocycles. The Morgan fingerprint density at radius 3 is 3.08 bits per heavy atom. The number of fused-ring (bicyclic) bond motifs is 1. The molecule has 0 fully saturated rings. The van der Waals surface area contributed by atoms with Gasteiger partial charge in [-0.1, -0.05) is 0 Å². The third-order valence-corrected chi connectivity index (χ3v) is 1.64. The van der Waals surface area contributed by atoms with Gasteiger partial charge in [-0.15, -0.1) is 0 Å². The zero-order valence-electron chi connectivity index (χ0n) is 6.39. The van der Waals surface area contributed by atoms with E-state index in [1.807, 2.05) is 6.07 Å². The van der Waals surface area contributed by atoms with E-state index in [9.17, 15) is 0 Å². The number of nitriles is 1. The summed E-state index contributed by atoms with van der Waals surface area (Å²) in [6, 6.07) is 1.98. The van der Waals surface area contributed by atoms with Crippen molar-refractivity contribution in [1.82, 2.24) is 19.7 Å². The molecule has 0 unspecified atom stereocenters. The molecule has 0 amide bonds. The van der Waals surface area contributed by atoms with Crippen LogP contribution in [0.2, 0.25) is 0 Å². The van der Waals surface area contributed by atoms with E-state index < -0.39 is 0 Å². The summed E-state index contributed by atoms with van der Waals surface area (Å²) in [7, 11) is 1.77. The highest BCUT2D eigenvalue weighted by atomic mass is 15.3. The molecule has 0 atom stereocenters. The third-order valence-electron chi connectivity index (χ3n) is 1.64. The van der Waals surface area contributed by atoms with Crippen LogP contribution in [0.3, 0.4) is 0 Å². The summed E-state index contributed by atoms with van der Waals surface area (Å²) in [5.74, 6) is 0. The first-order chi connectivity index (χ1) is 5.83. The molecule has 0 radical (unpaired) electrons. The lowest BCUT2D eigenvalue weighted by Crippen LogP contribution is -1.93. The van der Waals surface area contributed by atoms with Gasteiger partial charge in [0.05, 0.1) is 11.6 Å². The van der Waals surface area contributed by atoms with Crippen molar-refractivity contribution in [3.8, 4) is 6.07 Å². The van der Waals surface area contributed by atoms with Gasteiger partial charge in [0, 0.05) is 7.05 Å². The van der Waals surface area contributed by atoms with Crippen molar-refractivity contribution >= 4 is 11.0 Å². The van der Waals surface area contributed by atoms with Gasteiger partial charge in [-0.3, -0.25) is 4.68 Å². The molecule has 0 aliphatic heterocycles. The van der Waals surface area contributed by atoms with Crippen LogP contribution in [0, 0.1) is 11.3 Å². The minimum Gasteiger partial charge on any atom is -0.250 e. The molecule has 58 valence electrons. The van der Waals surface area contributed by atoms with Crippen molar-refractivity contribution in [2.24, 2.45) is 7.05 Å². The zero-order chi connectivity index (χ0) is 8.55. The molecule has 0 aliphatic rings. The molecule has 5 nitrogen and oxygen atoms in total. The second kappa shape index (κ2) is 2.27. The molecule has 0 aliphatic carbocycles. The van der Waals surface area contributed by atoms with E-state index >= 15 is 0 Å². The second-order valence-corrected chi connectivity index (χ2v) is 2.34. The first-order valence-electron chi connectivity index (χ1n) is 3.35. The van der Waals surface area contributed by atoms with E-state index in [0.717, 1.165) is 0 Å². The fraction of sp³-hybridized carbons (Fsp3) is 0.143. The molecular formula is C7H5N5. The van der Waals surface area contributed by atoms with Crippen LogP contribution in [0.5, 0.6) is 0 Å². The summed E-state index contributed by atoms with van der Waals surface area (Å²) < 4.78 is 1.61. The lowest BCUT2D eigenvalue weighted by Gasteiger charge is -1.91. The molecule has 2 heterocycles. The number of hydrogen-bond acceptors (Lipinski definition) is 4. The highest BCUT2D eigenvalue weighted by Crippen LogP contribution is 2.11. The molecule has 2 rings (SSSR count). The lowest BCUT2D eigenvalue weighted by molar-refractivity contribution is 0.785. The van der Waals surface area contributed by atoms with Crippen LogP contribution in [0.1, 0.15) is 5.69 Å². The van der Waals surface area contributed by atoms with Crippen LogP contribution in [0.15, 0.2) is 12.5 Å². The Labute approximate surface area is 68.3 Å². The number of hydrogen-bond donors (Lipinski definition) is 0. The Hall–Kier alpha value is -1.96. The third kappa shape index (κ3) is 0.751. The van der Waals surface area contributed by atoms with Crippen molar-refractivity contribution in [3.63, 3.8) is 0 Å². The van der Waals surface area contributed by atoms with Crippen molar-refractivity contribution in [2.75, 3.05) is 0 Å². The van der Waals surface area contributed by atoms with Crippen molar-refractivity contribution < 1.29 is 0 Å². The first kappa shape index (κ1) is 6.73. The zero-order valence-corrected chi connectivity index (χ0v) is 6.39. The van der Waals surface area contributed by atoms with E-state index in [2.05, 4.69) is 15.1 Å². The Morgan fingerprint density at radius 1 is 1.50 bits per heavy atom. The molecule has 12 heavy (non-hydrogen) atoms. The Kier molecular flexibility index (Phi) is 1.27. The summed E-state index contributed by atoms with van der Waals surface area (Å²) in [5.41, 5.74) is 1.05. The van der Waals surface area contributed by atoms with Crippen LogP contribution in [0.25, 0.3) is 11.0 Å². The molecule has 0 bridgehead atoms. The predicted molar refractivity (Wildman–Crippen MR) is 41.0 cm³/mol. The molecule has 2 aromatic rings. The van der Waals surface area contributed by atoms with Gasteiger partial charge in [0.2, 0.25) is 0 Å². The number of nitrogens with zero attached hydrogens (tertiary/aromatic N) is 5. The van der Waals surface area contributed by atoms with Crippen LogP contribution in [-0.4, -0.2) is 19.7 Å². The summed E-state index contributed by atoms with van der Waals surface area (Å²) in [4.78, 5) is 7.80. The highest BCUT2D eigenvalue weighted by Gasteiger charge is 2.05. The van der Waals surface area contributed by atoms with Gasteiger partial charge in [-0.05, 0) is 0 Å². The van der Waals surface area contributed by atoms with Gasteiger partial charge in [0.1, 0.15) is 12.4 Å². The van der Waals surface area contributed by atoms with E-state index in [1.54, 1.807) is 17.9 Å². The van der Waals surface area contributed by atoms with Crippen molar-refractivity contribution in [1.29, 1.82) is 5.26 Å². The molecule has 5 heteroatoms. The molecule has 0 aromatic carbocycles. The van der Waals surface area contributed by atoms with Gasteiger partial charge in [0.25, 0.3) is 0 Å². The average Bonchev–Trinajstić information content (AvgIpc) is 2.48. The van der Waals surface area contributed by atoms with Crippen molar-refractivity contribution in [3.05, 3.63) is 18.2 Å². The minimum atomic E-state index is 0.369. The summed E-state index contributed by atoms with van der Waals surface area (Å²) in [5, 5.41) is 13.3. The van der Waals surface area contributed by atoms with Crippen LogP contribution >= 0.6 is 0 Å². The summed E-state index contributed by atoms with van der Waals surface area (Å²) >= 11 is 0. The van der Waals surface area contributed by atoms with Gasteiger partial charge in [-0.2, -0.15) is 10.4 Å². The van der Waals surface area contributed by atoms with E-state index in [1.165, 1.54) is 6.33 Å². The topological polar surface area (TPSA) is 67.4 Å². The maximum Gasteiger partial charge on any atom is 0.162 e. The Balaban J connectivity index is 2.92. The number of aromatic nitrogens is 4. The largest absolute Gasteiger partial charge is 0.250 e. The molecular weight excluding hydrogens is 154 g/mol. The number of rotatable bonds is 0. The fourth-order valence-electron chi connectivity index (χ4n) is 1.05.